The Morgan fingerprint density at radius 3 is 2.53 bits per heavy atom. The van der Waals surface area contributed by atoms with Crippen LogP contribution < -0.4 is 0 Å². The molecule has 9 heteroatoms. The van der Waals surface area contributed by atoms with Crippen molar-refractivity contribution < 1.29 is 24.4 Å². The van der Waals surface area contributed by atoms with E-state index in [-0.39, 0.29) is 6.61 Å². The summed E-state index contributed by atoms with van der Waals surface area (Å²) in [5, 5.41) is 18.4. The third-order valence-corrected chi connectivity index (χ3v) is 3.44. The molecule has 82 valence electrons. The van der Waals surface area contributed by atoms with E-state index in [1.54, 1.807) is 13.6 Å². The minimum absolute atomic E-state index is 0.00800. The summed E-state index contributed by atoms with van der Waals surface area (Å²) in [7, 11) is 0. The van der Waals surface area contributed by atoms with E-state index in [4.69, 9.17) is 9.26 Å². The molecular formula is C6H11B2O5PS. The number of aliphatic hydroxyl groups excluding tert-OH is 2. The minimum atomic E-state index is -2.75. The van der Waals surface area contributed by atoms with Crippen LogP contribution in [0.15, 0.2) is 0 Å². The molecule has 5 nitrogen and oxygen atoms in total. The molecule has 2 aliphatic heterocycles. The molecule has 0 aromatic heterocycles. The van der Waals surface area contributed by atoms with Gasteiger partial charge in [-0.3, -0.25) is 0 Å². The SMILES string of the molecule is CP(O)(=S)OCC1OC2(B=B2)C(O)C1O. The van der Waals surface area contributed by atoms with Gasteiger partial charge in [-0.25, -0.2) is 0 Å². The quantitative estimate of drug-likeness (QED) is 0.397. The predicted molar refractivity (Wildman–Crippen MR) is 59.5 cm³/mol. The molecule has 0 aliphatic carbocycles. The molecule has 0 aromatic carbocycles. The molecule has 2 aliphatic rings. The van der Waals surface area contributed by atoms with Gasteiger partial charge in [0, 0.05) is 0 Å². The van der Waals surface area contributed by atoms with Gasteiger partial charge in [-0.1, -0.05) is 0 Å². The third kappa shape index (κ3) is 2.47. The van der Waals surface area contributed by atoms with E-state index in [9.17, 15) is 15.1 Å². The van der Waals surface area contributed by atoms with Crippen molar-refractivity contribution in [2.75, 3.05) is 13.3 Å². The van der Waals surface area contributed by atoms with Gasteiger partial charge >= 0.3 is 93.3 Å². The molecule has 4 atom stereocenters. The van der Waals surface area contributed by atoms with Gasteiger partial charge in [0.15, 0.2) is 0 Å². The maximum atomic E-state index is 9.63. The van der Waals surface area contributed by atoms with Crippen molar-refractivity contribution in [3.63, 3.8) is 0 Å². The second-order valence-electron chi connectivity index (χ2n) is 3.88. The van der Waals surface area contributed by atoms with Gasteiger partial charge in [-0.05, 0) is 0 Å². The fourth-order valence-corrected chi connectivity index (χ4v) is 2.18. The second kappa shape index (κ2) is 3.81. The predicted octanol–water partition coefficient (Wildman–Crippen LogP) is -1.95. The van der Waals surface area contributed by atoms with Crippen molar-refractivity contribution in [2.45, 2.75) is 23.7 Å². The standard InChI is InChI=1S/C6H11B2O5PS/c1-14(11,15)12-2-3-4(9)5(10)6(13-3)7-8-6/h3-5,9-10H,2H2,1H3,(H,11,15). The zero-order valence-corrected chi connectivity index (χ0v) is 9.82. The van der Waals surface area contributed by atoms with E-state index in [0.29, 0.717) is 0 Å². The Bertz CT molecular complexity index is 338. The summed E-state index contributed by atoms with van der Waals surface area (Å²) in [5.41, 5.74) is 0. The Hall–Kier alpha value is 0.580. The van der Waals surface area contributed by atoms with Crippen molar-refractivity contribution >= 4 is 31.9 Å². The molecule has 1 saturated heterocycles. The van der Waals surface area contributed by atoms with Crippen molar-refractivity contribution in [1.29, 1.82) is 0 Å². The van der Waals surface area contributed by atoms with Crippen LogP contribution >= 0.6 is 6.49 Å². The van der Waals surface area contributed by atoms with Crippen molar-refractivity contribution in [3.05, 3.63) is 0 Å². The molecule has 0 bridgehead atoms. The van der Waals surface area contributed by atoms with Crippen LogP contribution in [-0.4, -0.2) is 65.7 Å². The van der Waals surface area contributed by atoms with Crippen molar-refractivity contribution in [3.8, 4) is 0 Å². The normalized spacial score (nSPS) is 39.6. The molecule has 3 N–H and O–H groups in total. The Kier molecular flexibility index (Phi) is 3.06. The fourth-order valence-electron chi connectivity index (χ4n) is 1.57. The summed E-state index contributed by atoms with van der Waals surface area (Å²) < 4.78 is 10.4. The van der Waals surface area contributed by atoms with E-state index in [0.717, 1.165) is 0 Å². The first-order valence-corrected chi connectivity index (χ1v) is 7.65. The van der Waals surface area contributed by atoms with Gasteiger partial charge < -0.3 is 0 Å². The number of hydrogen-bond donors (Lipinski definition) is 3. The van der Waals surface area contributed by atoms with E-state index in [1.165, 1.54) is 6.66 Å². The Labute approximate surface area is 93.7 Å². The number of aliphatic hydroxyl groups is 2. The molecule has 1 spiro atoms. The molecule has 0 saturated carbocycles. The van der Waals surface area contributed by atoms with Gasteiger partial charge in [0.05, 0.1) is 0 Å². The number of ether oxygens (including phenoxy) is 1. The van der Waals surface area contributed by atoms with Crippen molar-refractivity contribution in [2.24, 2.45) is 0 Å². The average molecular weight is 248 g/mol. The van der Waals surface area contributed by atoms with Crippen LogP contribution in [0.4, 0.5) is 0 Å². The first kappa shape index (κ1) is 12.0. The molecule has 0 aromatic rings. The van der Waals surface area contributed by atoms with Gasteiger partial charge in [0.25, 0.3) is 0 Å². The van der Waals surface area contributed by atoms with Gasteiger partial charge in [-0.2, -0.15) is 0 Å². The average Bonchev–Trinajstić information content (AvgIpc) is 2.85. The monoisotopic (exact) mass is 248 g/mol. The van der Waals surface area contributed by atoms with Crippen LogP contribution in [0, 0.1) is 0 Å². The molecule has 0 radical (unpaired) electrons. The molecule has 4 unspecified atom stereocenters. The second-order valence-corrected chi connectivity index (χ2v) is 7.77. The maximum absolute atomic E-state index is 9.63. The molecule has 15 heavy (non-hydrogen) atoms. The fraction of sp³-hybridized carbons (Fsp3) is 1.00. The van der Waals surface area contributed by atoms with Crippen LogP contribution in [0.1, 0.15) is 0 Å². The molecule has 1 fully saturated rings. The zero-order valence-electron chi connectivity index (χ0n) is 8.11. The first-order valence-electron chi connectivity index (χ1n) is 4.53. The van der Waals surface area contributed by atoms with Crippen LogP contribution in [0.3, 0.4) is 0 Å². The summed E-state index contributed by atoms with van der Waals surface area (Å²) in [6, 6.07) is 0. The van der Waals surface area contributed by atoms with E-state index >= 15 is 0 Å². The summed E-state index contributed by atoms with van der Waals surface area (Å²) in [5.74, 6) is 0. The topological polar surface area (TPSA) is 79.2 Å². The zero-order chi connectivity index (χ0) is 11.3. The first-order chi connectivity index (χ1) is 6.84. The van der Waals surface area contributed by atoms with Crippen molar-refractivity contribution in [1.82, 2.24) is 0 Å². The van der Waals surface area contributed by atoms with Crippen LogP contribution in [0.5, 0.6) is 0 Å². The van der Waals surface area contributed by atoms with Gasteiger partial charge in [-0.15, -0.1) is 0 Å². The molecule has 2 rings (SSSR count). The summed E-state index contributed by atoms with van der Waals surface area (Å²) in [6.07, 6.45) is -2.62. The Morgan fingerprint density at radius 1 is 1.53 bits per heavy atom. The molecule has 0 amide bonds. The van der Waals surface area contributed by atoms with Crippen LogP contribution in [0.25, 0.3) is 0 Å². The summed E-state index contributed by atoms with van der Waals surface area (Å²) in [6.45, 7) is 2.03. The van der Waals surface area contributed by atoms with Gasteiger partial charge in [0.1, 0.15) is 0 Å². The summed E-state index contributed by atoms with van der Waals surface area (Å²) in [4.78, 5) is 9.26. The third-order valence-electron chi connectivity index (χ3n) is 2.50. The van der Waals surface area contributed by atoms with Crippen LogP contribution in [0.2, 0.25) is 0 Å². The summed E-state index contributed by atoms with van der Waals surface area (Å²) >= 11 is 4.69. The number of rotatable bonds is 3. The molecular weight excluding hydrogens is 237 g/mol. The van der Waals surface area contributed by atoms with E-state index < -0.39 is 30.2 Å². The van der Waals surface area contributed by atoms with Crippen LogP contribution in [-0.2, 0) is 21.1 Å². The Balaban J connectivity index is 1.92. The number of hydrogen-bond acceptors (Lipinski definition) is 5. The van der Waals surface area contributed by atoms with E-state index in [1.807, 2.05) is 0 Å². The Morgan fingerprint density at radius 2 is 2.13 bits per heavy atom. The van der Waals surface area contributed by atoms with E-state index in [2.05, 4.69) is 11.8 Å². The van der Waals surface area contributed by atoms with Gasteiger partial charge in [0.2, 0.25) is 0 Å². The molecule has 2 heterocycles.